The molecule has 0 fully saturated rings. The number of aldehydes is 1. The minimum absolute atomic E-state index is 0.151. The molecule has 0 spiro atoms. The second-order valence-electron chi connectivity index (χ2n) is 6.66. The van der Waals surface area contributed by atoms with E-state index in [1.165, 1.54) is 5.56 Å². The molecule has 0 bridgehead atoms. The number of rotatable bonds is 4. The predicted octanol–water partition coefficient (Wildman–Crippen LogP) is 5.76. The third-order valence-electron chi connectivity index (χ3n) is 4.79. The van der Waals surface area contributed by atoms with E-state index in [0.717, 1.165) is 28.7 Å². The normalized spacial score (nSPS) is 16.5. The Morgan fingerprint density at radius 3 is 1.96 bits per heavy atom. The van der Waals surface area contributed by atoms with Crippen LogP contribution in [0.2, 0.25) is 0 Å². The van der Waals surface area contributed by atoms with Crippen LogP contribution in [0.25, 0.3) is 11.5 Å². The molecule has 1 atom stereocenters. The molecular weight excluding hydrogens is 332 g/mol. The van der Waals surface area contributed by atoms with Gasteiger partial charge in [-0.25, -0.2) is 0 Å². The first-order valence-electron chi connectivity index (χ1n) is 9.02. The quantitative estimate of drug-likeness (QED) is 0.558. The van der Waals surface area contributed by atoms with Gasteiger partial charge < -0.3 is 4.74 Å². The van der Waals surface area contributed by atoms with Crippen LogP contribution in [0, 0.1) is 6.92 Å². The highest BCUT2D eigenvalue weighted by Gasteiger charge is 2.27. The average molecular weight is 352 g/mol. The van der Waals surface area contributed by atoms with E-state index >= 15 is 0 Å². The lowest BCUT2D eigenvalue weighted by atomic mass is 9.86. The molecule has 2 heteroatoms. The van der Waals surface area contributed by atoms with E-state index in [1.54, 1.807) is 0 Å². The fourth-order valence-corrected chi connectivity index (χ4v) is 3.33. The highest BCUT2D eigenvalue weighted by atomic mass is 16.5. The van der Waals surface area contributed by atoms with Crippen molar-refractivity contribution in [2.45, 2.75) is 12.8 Å². The number of ether oxygens (including phenoxy) is 1. The van der Waals surface area contributed by atoms with Gasteiger partial charge in [0.15, 0.2) is 6.29 Å². The minimum atomic E-state index is -0.151. The lowest BCUT2D eigenvalue weighted by molar-refractivity contribution is -0.105. The van der Waals surface area contributed by atoms with Crippen molar-refractivity contribution in [2.75, 3.05) is 0 Å². The second kappa shape index (κ2) is 7.46. The largest absolute Gasteiger partial charge is 0.456 e. The highest BCUT2D eigenvalue weighted by molar-refractivity contribution is 5.92. The molecular formula is C25H20O2. The summed E-state index contributed by atoms with van der Waals surface area (Å²) in [4.78, 5) is 12.1. The van der Waals surface area contributed by atoms with E-state index in [2.05, 4.69) is 31.2 Å². The van der Waals surface area contributed by atoms with Crippen molar-refractivity contribution in [3.05, 3.63) is 119 Å². The zero-order chi connectivity index (χ0) is 18.6. The zero-order valence-electron chi connectivity index (χ0n) is 15.1. The summed E-state index contributed by atoms with van der Waals surface area (Å²) in [6.07, 6.45) is 2.96. The molecule has 1 unspecified atom stereocenters. The van der Waals surface area contributed by atoms with Gasteiger partial charge in [-0.3, -0.25) is 4.79 Å². The van der Waals surface area contributed by atoms with Crippen LogP contribution in [0.5, 0.6) is 0 Å². The lowest BCUT2D eigenvalue weighted by Gasteiger charge is -2.26. The van der Waals surface area contributed by atoms with E-state index in [4.69, 9.17) is 4.74 Å². The molecule has 0 aliphatic carbocycles. The molecule has 0 saturated heterocycles. The molecule has 4 rings (SSSR count). The summed E-state index contributed by atoms with van der Waals surface area (Å²) in [5.41, 5.74) is 4.81. The summed E-state index contributed by atoms with van der Waals surface area (Å²) in [6.45, 7) is 2.06. The molecule has 2 nitrogen and oxygen atoms in total. The van der Waals surface area contributed by atoms with Crippen molar-refractivity contribution in [2.24, 2.45) is 0 Å². The van der Waals surface area contributed by atoms with Crippen LogP contribution in [0.4, 0.5) is 0 Å². The maximum Gasteiger partial charge on any atom is 0.150 e. The van der Waals surface area contributed by atoms with Gasteiger partial charge in [0.1, 0.15) is 11.5 Å². The van der Waals surface area contributed by atoms with Gasteiger partial charge in [0, 0.05) is 22.6 Å². The van der Waals surface area contributed by atoms with Crippen molar-refractivity contribution in [1.82, 2.24) is 0 Å². The summed E-state index contributed by atoms with van der Waals surface area (Å²) < 4.78 is 6.25. The van der Waals surface area contributed by atoms with Crippen LogP contribution in [0.3, 0.4) is 0 Å². The summed E-state index contributed by atoms with van der Waals surface area (Å²) >= 11 is 0. The Morgan fingerprint density at radius 2 is 1.37 bits per heavy atom. The third kappa shape index (κ3) is 3.47. The first-order chi connectivity index (χ1) is 13.3. The first kappa shape index (κ1) is 17.0. The van der Waals surface area contributed by atoms with Crippen LogP contribution in [-0.4, -0.2) is 6.29 Å². The van der Waals surface area contributed by atoms with Gasteiger partial charge in [0.2, 0.25) is 0 Å². The van der Waals surface area contributed by atoms with Gasteiger partial charge in [0.05, 0.1) is 0 Å². The standard InChI is InChI=1S/C25H20O2/c1-18-12-14-19(15-13-18)22-16-24(20-8-4-2-5-9-20)27-25(23(22)17-26)21-10-6-3-7-11-21/h2-17,22H,1H3. The van der Waals surface area contributed by atoms with Crippen LogP contribution < -0.4 is 0 Å². The van der Waals surface area contributed by atoms with E-state index < -0.39 is 0 Å². The molecule has 132 valence electrons. The van der Waals surface area contributed by atoms with E-state index in [-0.39, 0.29) is 5.92 Å². The maximum absolute atomic E-state index is 12.1. The van der Waals surface area contributed by atoms with E-state index in [1.807, 2.05) is 66.7 Å². The summed E-state index contributed by atoms with van der Waals surface area (Å²) in [7, 11) is 0. The Labute approximate surface area is 159 Å². The molecule has 27 heavy (non-hydrogen) atoms. The van der Waals surface area contributed by atoms with Gasteiger partial charge in [-0.2, -0.15) is 0 Å². The zero-order valence-corrected chi connectivity index (χ0v) is 15.1. The summed E-state index contributed by atoms with van der Waals surface area (Å²) in [5, 5.41) is 0. The van der Waals surface area contributed by atoms with Crippen LogP contribution in [0.1, 0.15) is 28.2 Å². The van der Waals surface area contributed by atoms with Crippen molar-refractivity contribution >= 4 is 17.8 Å². The number of allylic oxidation sites excluding steroid dienone is 2. The molecule has 1 aliphatic heterocycles. The molecule has 1 heterocycles. The van der Waals surface area contributed by atoms with Crippen molar-refractivity contribution in [1.29, 1.82) is 0 Å². The van der Waals surface area contributed by atoms with Gasteiger partial charge >= 0.3 is 0 Å². The fraction of sp³-hybridized carbons (Fsp3) is 0.0800. The Bertz CT molecular complexity index is 997. The number of benzene rings is 3. The fourth-order valence-electron chi connectivity index (χ4n) is 3.33. The smallest absolute Gasteiger partial charge is 0.150 e. The Kier molecular flexibility index (Phi) is 4.71. The molecule has 0 amide bonds. The SMILES string of the molecule is Cc1ccc(C2C=C(c3ccccc3)OC(c3ccccc3)=C2C=O)cc1. The van der Waals surface area contributed by atoms with Crippen molar-refractivity contribution in [3.8, 4) is 0 Å². The summed E-state index contributed by atoms with van der Waals surface area (Å²) in [6, 6.07) is 28.1. The van der Waals surface area contributed by atoms with Crippen LogP contribution in [-0.2, 0) is 9.53 Å². The Balaban J connectivity index is 1.88. The van der Waals surface area contributed by atoms with Crippen molar-refractivity contribution < 1.29 is 9.53 Å². The van der Waals surface area contributed by atoms with Gasteiger partial charge in [0.25, 0.3) is 0 Å². The summed E-state index contributed by atoms with van der Waals surface area (Å²) in [5.74, 6) is 1.24. The first-order valence-corrected chi connectivity index (χ1v) is 9.02. The van der Waals surface area contributed by atoms with Crippen LogP contribution in [0.15, 0.2) is 96.6 Å². The average Bonchev–Trinajstić information content (AvgIpc) is 2.74. The topological polar surface area (TPSA) is 26.3 Å². The highest BCUT2D eigenvalue weighted by Crippen LogP contribution is 2.40. The molecule has 0 N–H and O–H groups in total. The second-order valence-corrected chi connectivity index (χ2v) is 6.66. The van der Waals surface area contributed by atoms with Gasteiger partial charge in [-0.1, -0.05) is 90.5 Å². The Morgan fingerprint density at radius 1 is 0.778 bits per heavy atom. The molecule has 0 aromatic heterocycles. The number of carbonyl (C=O) groups excluding carboxylic acids is 1. The Hall–Kier alpha value is -3.39. The predicted molar refractivity (Wildman–Crippen MR) is 109 cm³/mol. The number of aryl methyl sites for hydroxylation is 1. The molecule has 1 aliphatic rings. The van der Waals surface area contributed by atoms with Crippen LogP contribution >= 0.6 is 0 Å². The number of hydrogen-bond donors (Lipinski definition) is 0. The molecule has 0 saturated carbocycles. The van der Waals surface area contributed by atoms with E-state index in [9.17, 15) is 4.79 Å². The monoisotopic (exact) mass is 352 g/mol. The van der Waals surface area contributed by atoms with Gasteiger partial charge in [-0.05, 0) is 18.6 Å². The van der Waals surface area contributed by atoms with E-state index in [0.29, 0.717) is 11.3 Å². The molecule has 3 aromatic carbocycles. The lowest BCUT2D eigenvalue weighted by Crippen LogP contribution is -2.12. The maximum atomic E-state index is 12.1. The third-order valence-corrected chi connectivity index (χ3v) is 4.79. The van der Waals surface area contributed by atoms with Crippen molar-refractivity contribution in [3.63, 3.8) is 0 Å². The molecule has 3 aromatic rings. The minimum Gasteiger partial charge on any atom is -0.456 e. The van der Waals surface area contributed by atoms with Gasteiger partial charge in [-0.15, -0.1) is 0 Å². The number of hydrogen-bond acceptors (Lipinski definition) is 2. The molecule has 0 radical (unpaired) electrons. The number of carbonyl (C=O) groups is 1.